The number of aliphatic hydroxyl groups excluding tert-OH is 1. The minimum atomic E-state index is -3.01. The van der Waals surface area contributed by atoms with Gasteiger partial charge >= 0.3 is 0 Å². The SMILES string of the molecule is C[C@@H]1[C@@H]([Si](C)(C)O)[C@H](CC(=O)N2CCC[C@H]2CO)O[C@@]12C(=O)N(c1ccccc1)c1ccc(NC(=O)c3ccc(N)cc3)cc12. The highest BCUT2D eigenvalue weighted by molar-refractivity contribution is 6.71. The van der Waals surface area contributed by atoms with Gasteiger partial charge in [0, 0.05) is 46.2 Å². The number of nitrogen functional groups attached to an aromatic ring is 1. The van der Waals surface area contributed by atoms with E-state index in [1.54, 1.807) is 52.3 Å². The number of ether oxygens (including phenoxy) is 1. The summed E-state index contributed by atoms with van der Waals surface area (Å²) in [6.07, 6.45) is 0.821. The molecule has 3 aliphatic rings. The van der Waals surface area contributed by atoms with Crippen molar-refractivity contribution in [1.29, 1.82) is 0 Å². The highest BCUT2D eigenvalue weighted by atomic mass is 28.4. The Hall–Kier alpha value is -4.03. The Morgan fingerprint density at radius 1 is 1.09 bits per heavy atom. The fraction of sp³-hybridized carbons (Fsp3) is 0.382. The lowest BCUT2D eigenvalue weighted by molar-refractivity contribution is -0.149. The molecule has 0 saturated carbocycles. The molecule has 10 nitrogen and oxygen atoms in total. The van der Waals surface area contributed by atoms with Gasteiger partial charge in [0.05, 0.1) is 30.9 Å². The summed E-state index contributed by atoms with van der Waals surface area (Å²) in [4.78, 5) is 56.5. The molecule has 3 amide bonds. The lowest BCUT2D eigenvalue weighted by Gasteiger charge is -2.33. The van der Waals surface area contributed by atoms with Crippen LogP contribution in [0.15, 0.2) is 72.8 Å². The number of hydrogen-bond donors (Lipinski definition) is 4. The van der Waals surface area contributed by atoms with Crippen molar-refractivity contribution in [1.82, 2.24) is 4.90 Å². The Bertz CT molecular complexity index is 1610. The van der Waals surface area contributed by atoms with Crippen LogP contribution in [0.4, 0.5) is 22.7 Å². The first kappa shape index (κ1) is 31.0. The van der Waals surface area contributed by atoms with Gasteiger partial charge in [-0.2, -0.15) is 0 Å². The molecule has 3 aliphatic heterocycles. The fourth-order valence-corrected chi connectivity index (χ4v) is 10.1. The van der Waals surface area contributed by atoms with Gasteiger partial charge in [-0.15, -0.1) is 0 Å². The number of carbonyl (C=O) groups is 3. The summed E-state index contributed by atoms with van der Waals surface area (Å²) in [6, 6.07) is 21.0. The van der Waals surface area contributed by atoms with Crippen LogP contribution in [0.3, 0.4) is 0 Å². The molecule has 0 aromatic heterocycles. The summed E-state index contributed by atoms with van der Waals surface area (Å²) in [5.41, 5.74) is 7.16. The molecule has 236 valence electrons. The summed E-state index contributed by atoms with van der Waals surface area (Å²) in [6.45, 7) is 6.01. The van der Waals surface area contributed by atoms with Crippen LogP contribution in [0.2, 0.25) is 18.6 Å². The number of anilines is 4. The van der Waals surface area contributed by atoms with E-state index < -0.39 is 31.5 Å². The van der Waals surface area contributed by atoms with Crippen molar-refractivity contribution in [2.24, 2.45) is 5.92 Å². The number of likely N-dealkylation sites (tertiary alicyclic amines) is 1. The molecule has 2 saturated heterocycles. The number of nitrogens with two attached hydrogens (primary N) is 1. The molecule has 11 heteroatoms. The topological polar surface area (TPSA) is 145 Å². The second-order valence-corrected chi connectivity index (χ2v) is 16.9. The minimum Gasteiger partial charge on any atom is -0.432 e. The van der Waals surface area contributed by atoms with Crippen molar-refractivity contribution >= 4 is 48.8 Å². The maximum atomic E-state index is 14.7. The number of nitrogens with zero attached hydrogens (tertiary/aromatic N) is 2. The zero-order valence-corrected chi connectivity index (χ0v) is 26.8. The Kier molecular flexibility index (Phi) is 8.06. The first-order valence-electron chi connectivity index (χ1n) is 15.5. The fourth-order valence-electron chi connectivity index (χ4n) is 7.59. The number of aliphatic hydroxyl groups is 1. The van der Waals surface area contributed by atoms with Crippen molar-refractivity contribution in [2.75, 3.05) is 29.1 Å². The monoisotopic (exact) mass is 628 g/mol. The van der Waals surface area contributed by atoms with E-state index in [2.05, 4.69) is 5.32 Å². The summed E-state index contributed by atoms with van der Waals surface area (Å²) in [5.74, 6) is -1.27. The van der Waals surface area contributed by atoms with Crippen LogP contribution < -0.4 is 16.0 Å². The number of nitrogens with one attached hydrogen (secondary N) is 1. The summed E-state index contributed by atoms with van der Waals surface area (Å²) >= 11 is 0. The third kappa shape index (κ3) is 5.33. The molecule has 1 spiro atoms. The van der Waals surface area contributed by atoms with Crippen LogP contribution in [0.25, 0.3) is 0 Å². The number of fused-ring (bicyclic) bond motifs is 2. The highest BCUT2D eigenvalue weighted by Crippen LogP contribution is 2.61. The summed E-state index contributed by atoms with van der Waals surface area (Å²) < 4.78 is 6.86. The molecule has 3 heterocycles. The van der Waals surface area contributed by atoms with E-state index in [-0.39, 0.29) is 36.8 Å². The quantitative estimate of drug-likeness (QED) is 0.225. The Balaban J connectivity index is 1.42. The molecule has 5 N–H and O–H groups in total. The molecule has 0 unspecified atom stereocenters. The highest BCUT2D eigenvalue weighted by Gasteiger charge is 2.66. The third-order valence-electron chi connectivity index (χ3n) is 9.62. The average Bonchev–Trinajstić information content (AvgIpc) is 3.67. The molecule has 0 aliphatic carbocycles. The largest absolute Gasteiger partial charge is 0.432 e. The molecule has 5 atom stereocenters. The smallest absolute Gasteiger partial charge is 0.268 e. The first-order chi connectivity index (χ1) is 21.5. The molecule has 45 heavy (non-hydrogen) atoms. The molecule has 6 rings (SSSR count). The van der Waals surface area contributed by atoms with Gasteiger partial charge in [0.25, 0.3) is 11.8 Å². The van der Waals surface area contributed by atoms with Gasteiger partial charge in [-0.05, 0) is 80.5 Å². The maximum absolute atomic E-state index is 14.7. The van der Waals surface area contributed by atoms with E-state index >= 15 is 0 Å². The summed E-state index contributed by atoms with van der Waals surface area (Å²) in [7, 11) is -3.01. The van der Waals surface area contributed by atoms with Crippen molar-refractivity contribution in [3.8, 4) is 0 Å². The molecule has 2 fully saturated rings. The van der Waals surface area contributed by atoms with Gasteiger partial charge in [0.15, 0.2) is 13.9 Å². The first-order valence-corrected chi connectivity index (χ1v) is 18.5. The Morgan fingerprint density at radius 2 is 1.80 bits per heavy atom. The van der Waals surface area contributed by atoms with Crippen LogP contribution in [0, 0.1) is 5.92 Å². The maximum Gasteiger partial charge on any atom is 0.268 e. The molecule has 3 aromatic rings. The van der Waals surface area contributed by atoms with Crippen molar-refractivity contribution in [3.63, 3.8) is 0 Å². The van der Waals surface area contributed by atoms with Crippen LogP contribution in [0.5, 0.6) is 0 Å². The van der Waals surface area contributed by atoms with Crippen LogP contribution >= 0.6 is 0 Å². The zero-order chi connectivity index (χ0) is 32.1. The van der Waals surface area contributed by atoms with Crippen molar-refractivity contribution in [3.05, 3.63) is 83.9 Å². The van der Waals surface area contributed by atoms with E-state index in [1.165, 1.54) is 0 Å². The predicted octanol–water partition coefficient (Wildman–Crippen LogP) is 4.37. The van der Waals surface area contributed by atoms with Crippen LogP contribution in [-0.2, 0) is 19.9 Å². The van der Waals surface area contributed by atoms with Gasteiger partial charge in [0.2, 0.25) is 5.91 Å². The summed E-state index contributed by atoms with van der Waals surface area (Å²) in [5, 5.41) is 12.8. The van der Waals surface area contributed by atoms with E-state index in [4.69, 9.17) is 10.5 Å². The van der Waals surface area contributed by atoms with E-state index in [9.17, 15) is 24.3 Å². The normalized spacial score (nSPS) is 26.0. The number of hydrogen-bond acceptors (Lipinski definition) is 7. The number of benzene rings is 3. The predicted molar refractivity (Wildman–Crippen MR) is 174 cm³/mol. The number of rotatable bonds is 7. The van der Waals surface area contributed by atoms with Gasteiger partial charge in [-0.25, -0.2) is 0 Å². The van der Waals surface area contributed by atoms with Crippen LogP contribution in [-0.4, -0.2) is 66.1 Å². The van der Waals surface area contributed by atoms with Gasteiger partial charge in [0.1, 0.15) is 0 Å². The van der Waals surface area contributed by atoms with Gasteiger partial charge in [-0.1, -0.05) is 25.1 Å². The lowest BCUT2D eigenvalue weighted by Crippen LogP contribution is -2.45. The van der Waals surface area contributed by atoms with E-state index in [1.807, 2.05) is 50.3 Å². The Morgan fingerprint density at radius 3 is 2.47 bits per heavy atom. The van der Waals surface area contributed by atoms with E-state index in [0.717, 1.165) is 12.8 Å². The molecular formula is C34H40N4O6Si. The molecular weight excluding hydrogens is 588 g/mol. The second-order valence-electron chi connectivity index (χ2n) is 12.9. The van der Waals surface area contributed by atoms with Crippen molar-refractivity contribution < 1.29 is 29.0 Å². The number of carbonyl (C=O) groups excluding carboxylic acids is 3. The minimum absolute atomic E-state index is 0.00817. The number of para-hydroxylation sites is 1. The van der Waals surface area contributed by atoms with Gasteiger partial charge < -0.3 is 30.6 Å². The van der Waals surface area contributed by atoms with Crippen LogP contribution in [0.1, 0.15) is 42.1 Å². The standard InChI is InChI=1S/C34H40N4O6Si/c1-21-31(45(2,3)43)29(19-30(40)37-17-7-10-26(37)20-39)44-34(21)27-18-24(36-32(41)22-11-13-23(35)14-12-22)15-16-28(27)38(33(34)42)25-8-5-4-6-9-25/h4-6,8-9,11-16,18,21,26,29,31,39,43H,7,10,17,19-20,35H2,1-3H3,(H,36,41)/t21-,26+,29+,31-,34+/m1/s1. The van der Waals surface area contributed by atoms with Gasteiger partial charge in [-0.3, -0.25) is 19.3 Å². The molecule has 0 radical (unpaired) electrons. The number of amides is 3. The third-order valence-corrected chi connectivity index (χ3v) is 12.1. The molecule has 0 bridgehead atoms. The zero-order valence-electron chi connectivity index (χ0n) is 25.8. The lowest BCUT2D eigenvalue weighted by atomic mass is 9.82. The van der Waals surface area contributed by atoms with Crippen molar-refractivity contribution in [2.45, 2.75) is 62.6 Å². The second kappa shape index (κ2) is 11.7. The van der Waals surface area contributed by atoms with E-state index in [0.29, 0.717) is 40.4 Å². The average molecular weight is 629 g/mol. The molecule has 3 aromatic carbocycles. The Labute approximate surface area is 263 Å².